The molecule has 7 heteroatoms. The lowest BCUT2D eigenvalue weighted by atomic mass is 9.82. The quantitative estimate of drug-likeness (QED) is 0.708. The normalized spacial score (nSPS) is 17.7. The van der Waals surface area contributed by atoms with Crippen LogP contribution in [0.5, 0.6) is 5.75 Å². The molecule has 2 aromatic carbocycles. The van der Waals surface area contributed by atoms with Gasteiger partial charge in [-0.25, -0.2) is 13.2 Å². The van der Waals surface area contributed by atoms with Gasteiger partial charge in [0.15, 0.2) is 9.84 Å². The first-order valence-corrected chi connectivity index (χ1v) is 12.8. The molecule has 0 bridgehead atoms. The first kappa shape index (κ1) is 21.7. The van der Waals surface area contributed by atoms with Crippen molar-refractivity contribution < 1.29 is 22.7 Å². The average Bonchev–Trinajstić information content (AvgIpc) is 2.73. The standard InChI is InChI=1S/C24H29NO5S/c1-3-29-23(26)25-14-12-24(13-15-25)11-10-21-16-20(8-9-22(21)30-24)19-6-4-18(5-7-19)17-31(2,27)28/h4-9,16H,3,10-15,17H2,1-2H3. The molecule has 1 spiro atoms. The molecule has 1 fully saturated rings. The molecule has 166 valence electrons. The third kappa shape index (κ3) is 5.03. The van der Waals surface area contributed by atoms with Gasteiger partial charge < -0.3 is 14.4 Å². The van der Waals surface area contributed by atoms with Gasteiger partial charge in [0.2, 0.25) is 0 Å². The smallest absolute Gasteiger partial charge is 0.409 e. The monoisotopic (exact) mass is 443 g/mol. The number of amides is 1. The zero-order chi connectivity index (χ0) is 22.1. The van der Waals surface area contributed by atoms with Gasteiger partial charge in [0, 0.05) is 32.2 Å². The highest BCUT2D eigenvalue weighted by Gasteiger charge is 2.40. The van der Waals surface area contributed by atoms with E-state index < -0.39 is 9.84 Å². The zero-order valence-corrected chi connectivity index (χ0v) is 18.9. The van der Waals surface area contributed by atoms with E-state index in [9.17, 15) is 13.2 Å². The van der Waals surface area contributed by atoms with Crippen LogP contribution < -0.4 is 4.74 Å². The fourth-order valence-electron chi connectivity index (χ4n) is 4.46. The molecule has 2 heterocycles. The second-order valence-electron chi connectivity index (χ2n) is 8.56. The van der Waals surface area contributed by atoms with E-state index in [1.165, 1.54) is 11.8 Å². The maximum Gasteiger partial charge on any atom is 0.409 e. The molecule has 2 aliphatic rings. The van der Waals surface area contributed by atoms with Crippen LogP contribution in [0, 0.1) is 0 Å². The van der Waals surface area contributed by atoms with Crippen LogP contribution in [0.3, 0.4) is 0 Å². The van der Waals surface area contributed by atoms with Gasteiger partial charge in [-0.05, 0) is 54.2 Å². The largest absolute Gasteiger partial charge is 0.487 e. The van der Waals surface area contributed by atoms with Crippen LogP contribution in [-0.2, 0) is 26.7 Å². The van der Waals surface area contributed by atoms with Crippen molar-refractivity contribution in [3.63, 3.8) is 0 Å². The molecule has 1 amide bonds. The highest BCUT2D eigenvalue weighted by atomic mass is 32.2. The summed E-state index contributed by atoms with van der Waals surface area (Å²) in [7, 11) is -3.04. The summed E-state index contributed by atoms with van der Waals surface area (Å²) >= 11 is 0. The summed E-state index contributed by atoms with van der Waals surface area (Å²) in [4.78, 5) is 13.7. The predicted molar refractivity (Wildman–Crippen MR) is 120 cm³/mol. The summed E-state index contributed by atoms with van der Waals surface area (Å²) in [5.74, 6) is 0.981. The Kier molecular flexibility index (Phi) is 5.97. The van der Waals surface area contributed by atoms with Crippen LogP contribution in [0.25, 0.3) is 11.1 Å². The minimum atomic E-state index is -3.04. The van der Waals surface area contributed by atoms with E-state index in [0.717, 1.165) is 48.1 Å². The highest BCUT2D eigenvalue weighted by Crippen LogP contribution is 2.40. The lowest BCUT2D eigenvalue weighted by Gasteiger charge is -2.44. The van der Waals surface area contributed by atoms with Crippen molar-refractivity contribution in [3.05, 3.63) is 53.6 Å². The lowest BCUT2D eigenvalue weighted by molar-refractivity contribution is -0.0138. The van der Waals surface area contributed by atoms with Gasteiger partial charge in [-0.1, -0.05) is 30.3 Å². The van der Waals surface area contributed by atoms with Crippen LogP contribution in [-0.4, -0.2) is 51.0 Å². The number of sulfone groups is 1. The van der Waals surface area contributed by atoms with Crippen molar-refractivity contribution in [2.75, 3.05) is 26.0 Å². The number of likely N-dealkylation sites (tertiary alicyclic amines) is 1. The van der Waals surface area contributed by atoms with Crippen molar-refractivity contribution >= 4 is 15.9 Å². The second kappa shape index (κ2) is 8.54. The van der Waals surface area contributed by atoms with Crippen LogP contribution >= 0.6 is 0 Å². The Hall–Kier alpha value is -2.54. The van der Waals surface area contributed by atoms with E-state index in [2.05, 4.69) is 12.1 Å². The van der Waals surface area contributed by atoms with Gasteiger partial charge in [-0.3, -0.25) is 0 Å². The molecule has 0 radical (unpaired) electrons. The fraction of sp³-hybridized carbons (Fsp3) is 0.458. The number of rotatable bonds is 4. The molecule has 0 aliphatic carbocycles. The van der Waals surface area contributed by atoms with Gasteiger partial charge in [0.05, 0.1) is 12.4 Å². The minimum absolute atomic E-state index is 0.0565. The Morgan fingerprint density at radius 3 is 2.39 bits per heavy atom. The molecular formula is C24H29NO5S. The summed E-state index contributed by atoms with van der Waals surface area (Å²) in [5.41, 5.74) is 3.94. The number of hydrogen-bond donors (Lipinski definition) is 0. The fourth-order valence-corrected chi connectivity index (χ4v) is 5.26. The molecule has 1 saturated heterocycles. The molecule has 0 unspecified atom stereocenters. The Bertz CT molecular complexity index is 1050. The SMILES string of the molecule is CCOC(=O)N1CCC2(CCc3cc(-c4ccc(CS(C)(=O)=O)cc4)ccc3O2)CC1. The number of nitrogens with zero attached hydrogens (tertiary/aromatic N) is 1. The van der Waals surface area contributed by atoms with Gasteiger partial charge in [-0.2, -0.15) is 0 Å². The molecular weight excluding hydrogens is 414 g/mol. The predicted octanol–water partition coefficient (Wildman–Crippen LogP) is 4.21. The van der Waals surface area contributed by atoms with Crippen LogP contribution in [0.2, 0.25) is 0 Å². The number of carbonyl (C=O) groups is 1. The minimum Gasteiger partial charge on any atom is -0.487 e. The van der Waals surface area contributed by atoms with Crippen molar-refractivity contribution in [3.8, 4) is 16.9 Å². The topological polar surface area (TPSA) is 72.9 Å². The maximum absolute atomic E-state index is 12.0. The van der Waals surface area contributed by atoms with Crippen molar-refractivity contribution in [2.45, 2.75) is 44.0 Å². The van der Waals surface area contributed by atoms with Crippen molar-refractivity contribution in [1.29, 1.82) is 0 Å². The Morgan fingerprint density at radius 2 is 1.74 bits per heavy atom. The summed E-state index contributed by atoms with van der Waals surface area (Å²) in [6.45, 7) is 3.54. The van der Waals surface area contributed by atoms with Crippen LogP contribution in [0.1, 0.15) is 37.3 Å². The van der Waals surface area contributed by atoms with Crippen LogP contribution in [0.4, 0.5) is 4.79 Å². The van der Waals surface area contributed by atoms with E-state index in [4.69, 9.17) is 9.47 Å². The third-order valence-electron chi connectivity index (χ3n) is 6.15. The van der Waals surface area contributed by atoms with Gasteiger partial charge in [0.25, 0.3) is 0 Å². The Morgan fingerprint density at radius 1 is 1.06 bits per heavy atom. The number of carbonyl (C=O) groups excluding carboxylic acids is 1. The second-order valence-corrected chi connectivity index (χ2v) is 10.7. The first-order valence-electron chi connectivity index (χ1n) is 10.8. The molecule has 6 nitrogen and oxygen atoms in total. The number of aryl methyl sites for hydroxylation is 1. The highest BCUT2D eigenvalue weighted by molar-refractivity contribution is 7.89. The van der Waals surface area contributed by atoms with E-state index in [1.807, 2.05) is 37.3 Å². The third-order valence-corrected chi connectivity index (χ3v) is 7.01. The molecule has 0 saturated carbocycles. The zero-order valence-electron chi connectivity index (χ0n) is 18.1. The van der Waals surface area contributed by atoms with Gasteiger partial charge >= 0.3 is 6.09 Å². The number of fused-ring (bicyclic) bond motifs is 1. The van der Waals surface area contributed by atoms with E-state index in [0.29, 0.717) is 19.7 Å². The van der Waals surface area contributed by atoms with Crippen molar-refractivity contribution in [2.24, 2.45) is 0 Å². The number of ether oxygens (including phenoxy) is 2. The molecule has 2 aromatic rings. The Labute approximate surface area is 184 Å². The first-order chi connectivity index (χ1) is 14.8. The summed E-state index contributed by atoms with van der Waals surface area (Å²) in [5, 5.41) is 0. The number of hydrogen-bond acceptors (Lipinski definition) is 5. The maximum atomic E-state index is 12.0. The summed E-state index contributed by atoms with van der Waals surface area (Å²) in [6.07, 6.45) is 4.52. The lowest BCUT2D eigenvalue weighted by Crippen LogP contribution is -2.51. The Balaban J connectivity index is 1.44. The molecule has 2 aliphatic heterocycles. The molecule has 0 aromatic heterocycles. The van der Waals surface area contributed by atoms with Crippen molar-refractivity contribution in [1.82, 2.24) is 4.90 Å². The van der Waals surface area contributed by atoms with E-state index in [-0.39, 0.29) is 17.4 Å². The average molecular weight is 444 g/mol. The number of piperidine rings is 1. The number of benzene rings is 2. The van der Waals surface area contributed by atoms with E-state index >= 15 is 0 Å². The van der Waals surface area contributed by atoms with Gasteiger partial charge in [-0.15, -0.1) is 0 Å². The summed E-state index contributed by atoms with van der Waals surface area (Å²) in [6, 6.07) is 13.9. The summed E-state index contributed by atoms with van der Waals surface area (Å²) < 4.78 is 34.6. The molecule has 0 N–H and O–H groups in total. The molecule has 4 rings (SSSR count). The van der Waals surface area contributed by atoms with E-state index in [1.54, 1.807) is 4.90 Å². The molecule has 31 heavy (non-hydrogen) atoms. The van der Waals surface area contributed by atoms with Crippen LogP contribution in [0.15, 0.2) is 42.5 Å². The van der Waals surface area contributed by atoms with Gasteiger partial charge in [0.1, 0.15) is 11.4 Å². The molecule has 0 atom stereocenters.